The molecule has 6 heteroatoms. The van der Waals surface area contributed by atoms with Crippen molar-refractivity contribution in [3.05, 3.63) is 82.5 Å². The zero-order valence-corrected chi connectivity index (χ0v) is 18.9. The molecule has 0 aliphatic carbocycles. The molecule has 0 fully saturated rings. The summed E-state index contributed by atoms with van der Waals surface area (Å²) in [5, 5.41) is 14.8. The highest BCUT2D eigenvalue weighted by molar-refractivity contribution is 6.37. The van der Waals surface area contributed by atoms with E-state index in [0.717, 1.165) is 46.4 Å². The Morgan fingerprint density at radius 2 is 1.61 bits per heavy atom. The molecular formula is C25H23Cl2N3O. The Hall–Kier alpha value is -2.79. The van der Waals surface area contributed by atoms with Crippen LogP contribution in [0.25, 0.3) is 22.0 Å². The van der Waals surface area contributed by atoms with Crippen molar-refractivity contribution in [2.24, 2.45) is 0 Å². The van der Waals surface area contributed by atoms with Crippen molar-refractivity contribution in [1.82, 2.24) is 9.88 Å². The Balaban J connectivity index is 1.65. The van der Waals surface area contributed by atoms with Crippen LogP contribution in [-0.4, -0.2) is 35.6 Å². The van der Waals surface area contributed by atoms with Gasteiger partial charge in [0.2, 0.25) is 0 Å². The van der Waals surface area contributed by atoms with Crippen molar-refractivity contribution in [2.75, 3.05) is 26.0 Å². The molecule has 0 spiro atoms. The summed E-state index contributed by atoms with van der Waals surface area (Å²) >= 11 is 12.2. The van der Waals surface area contributed by atoms with Crippen LogP contribution in [0.3, 0.4) is 0 Å². The summed E-state index contributed by atoms with van der Waals surface area (Å²) in [6, 6.07) is 19.9. The van der Waals surface area contributed by atoms with Crippen LogP contribution < -0.4 is 5.32 Å². The molecule has 0 radical (unpaired) electrons. The molecule has 0 aliphatic heterocycles. The molecule has 1 heterocycles. The summed E-state index contributed by atoms with van der Waals surface area (Å²) in [5.74, 6) is -0.106. The largest absolute Gasteiger partial charge is 0.505 e. The van der Waals surface area contributed by atoms with Crippen LogP contribution in [0, 0.1) is 0 Å². The first-order valence-electron chi connectivity index (χ1n) is 9.98. The number of pyridine rings is 1. The highest BCUT2D eigenvalue weighted by Gasteiger charge is 2.10. The standard InChI is InChI=1S/C25H23Cl2N3O/c1-30(2)12-10-16-3-6-19(7-4-16)29-24-9-11-28-23-8-5-17(13-20(23)24)18-14-21(26)25(31)22(27)15-18/h3-9,11,13-15,31H,10,12H2,1-2H3,(H,28,29). The molecule has 31 heavy (non-hydrogen) atoms. The normalized spacial score (nSPS) is 11.3. The van der Waals surface area contributed by atoms with E-state index in [1.54, 1.807) is 18.3 Å². The van der Waals surface area contributed by atoms with Gasteiger partial charge in [-0.05, 0) is 79.7 Å². The number of nitrogens with one attached hydrogen (secondary N) is 1. The third kappa shape index (κ3) is 4.93. The number of nitrogens with zero attached hydrogens (tertiary/aromatic N) is 2. The van der Waals surface area contributed by atoms with Gasteiger partial charge >= 0.3 is 0 Å². The number of benzene rings is 3. The smallest absolute Gasteiger partial charge is 0.152 e. The van der Waals surface area contributed by atoms with Gasteiger partial charge in [-0.1, -0.05) is 41.4 Å². The number of aromatic nitrogens is 1. The Kier molecular flexibility index (Phi) is 6.33. The maximum absolute atomic E-state index is 9.85. The number of rotatable bonds is 6. The molecule has 0 bridgehead atoms. The number of phenolic OH excluding ortho intramolecular Hbond substituents is 1. The second kappa shape index (κ2) is 9.15. The van der Waals surface area contributed by atoms with E-state index < -0.39 is 0 Å². The molecule has 0 amide bonds. The fourth-order valence-corrected chi connectivity index (χ4v) is 3.92. The van der Waals surface area contributed by atoms with Crippen LogP contribution in [0.2, 0.25) is 10.0 Å². The zero-order chi connectivity index (χ0) is 22.0. The Labute approximate surface area is 192 Å². The lowest BCUT2D eigenvalue weighted by molar-refractivity contribution is 0.413. The summed E-state index contributed by atoms with van der Waals surface area (Å²) in [6.07, 6.45) is 2.82. The van der Waals surface area contributed by atoms with Crippen LogP contribution >= 0.6 is 23.2 Å². The number of hydrogen-bond acceptors (Lipinski definition) is 4. The quantitative estimate of drug-likeness (QED) is 0.339. The maximum atomic E-state index is 9.85. The molecule has 4 rings (SSSR count). The van der Waals surface area contributed by atoms with E-state index in [9.17, 15) is 5.11 Å². The van der Waals surface area contributed by atoms with Crippen LogP contribution in [0.5, 0.6) is 5.75 Å². The number of fused-ring (bicyclic) bond motifs is 1. The van der Waals surface area contributed by atoms with Crippen molar-refractivity contribution in [3.8, 4) is 16.9 Å². The second-order valence-corrected chi connectivity index (χ2v) is 8.57. The van der Waals surface area contributed by atoms with E-state index in [1.165, 1.54) is 5.56 Å². The van der Waals surface area contributed by atoms with Crippen molar-refractivity contribution >= 4 is 45.5 Å². The van der Waals surface area contributed by atoms with E-state index >= 15 is 0 Å². The Morgan fingerprint density at radius 1 is 0.903 bits per heavy atom. The molecule has 2 N–H and O–H groups in total. The molecule has 0 saturated carbocycles. The van der Waals surface area contributed by atoms with E-state index in [2.05, 4.69) is 59.6 Å². The lowest BCUT2D eigenvalue weighted by atomic mass is 10.0. The highest BCUT2D eigenvalue weighted by atomic mass is 35.5. The van der Waals surface area contributed by atoms with E-state index in [-0.39, 0.29) is 15.8 Å². The molecule has 0 aliphatic rings. The van der Waals surface area contributed by atoms with Gasteiger partial charge in [0.1, 0.15) is 0 Å². The first-order valence-corrected chi connectivity index (χ1v) is 10.7. The summed E-state index contributed by atoms with van der Waals surface area (Å²) in [4.78, 5) is 6.67. The lowest BCUT2D eigenvalue weighted by Crippen LogP contribution is -2.14. The van der Waals surface area contributed by atoms with Crippen LogP contribution in [0.4, 0.5) is 11.4 Å². The highest BCUT2D eigenvalue weighted by Crippen LogP contribution is 2.37. The van der Waals surface area contributed by atoms with Gasteiger partial charge in [0.15, 0.2) is 5.75 Å². The summed E-state index contributed by atoms with van der Waals surface area (Å²) in [5.41, 5.74) is 5.93. The van der Waals surface area contributed by atoms with Crippen molar-refractivity contribution in [1.29, 1.82) is 0 Å². The lowest BCUT2D eigenvalue weighted by Gasteiger charge is -2.13. The van der Waals surface area contributed by atoms with Crippen molar-refractivity contribution in [2.45, 2.75) is 6.42 Å². The number of anilines is 2. The molecular weight excluding hydrogens is 429 g/mol. The molecule has 4 nitrogen and oxygen atoms in total. The first kappa shape index (κ1) is 21.4. The molecule has 158 valence electrons. The number of phenols is 1. The third-order valence-electron chi connectivity index (χ3n) is 5.17. The first-order chi connectivity index (χ1) is 14.9. The number of likely N-dealkylation sites (N-methyl/N-ethyl adjacent to an activating group) is 1. The monoisotopic (exact) mass is 451 g/mol. The zero-order valence-electron chi connectivity index (χ0n) is 17.4. The minimum absolute atomic E-state index is 0.106. The Morgan fingerprint density at radius 3 is 2.29 bits per heavy atom. The van der Waals surface area contributed by atoms with Gasteiger partial charge in [0.25, 0.3) is 0 Å². The minimum Gasteiger partial charge on any atom is -0.505 e. The van der Waals surface area contributed by atoms with E-state index in [4.69, 9.17) is 23.2 Å². The number of hydrogen-bond donors (Lipinski definition) is 2. The summed E-state index contributed by atoms with van der Waals surface area (Å²) in [7, 11) is 4.16. The SMILES string of the molecule is CN(C)CCc1ccc(Nc2ccnc3ccc(-c4cc(Cl)c(O)c(Cl)c4)cc23)cc1. The van der Waals surface area contributed by atoms with Gasteiger partial charge in [-0.15, -0.1) is 0 Å². The van der Waals surface area contributed by atoms with Gasteiger partial charge in [-0.3, -0.25) is 4.98 Å². The van der Waals surface area contributed by atoms with Gasteiger partial charge < -0.3 is 15.3 Å². The van der Waals surface area contributed by atoms with Gasteiger partial charge in [-0.2, -0.15) is 0 Å². The summed E-state index contributed by atoms with van der Waals surface area (Å²) < 4.78 is 0. The van der Waals surface area contributed by atoms with Gasteiger partial charge in [-0.25, -0.2) is 0 Å². The molecule has 4 aromatic rings. The predicted molar refractivity (Wildman–Crippen MR) is 131 cm³/mol. The number of aromatic hydroxyl groups is 1. The Bertz CT molecular complexity index is 1200. The molecule has 0 saturated heterocycles. The van der Waals surface area contributed by atoms with Crippen LogP contribution in [0.15, 0.2) is 66.9 Å². The van der Waals surface area contributed by atoms with Gasteiger partial charge in [0, 0.05) is 29.5 Å². The average molecular weight is 452 g/mol. The van der Waals surface area contributed by atoms with Crippen LogP contribution in [0.1, 0.15) is 5.56 Å². The summed E-state index contributed by atoms with van der Waals surface area (Å²) in [6.45, 7) is 1.02. The maximum Gasteiger partial charge on any atom is 0.152 e. The molecule has 0 unspecified atom stereocenters. The van der Waals surface area contributed by atoms with Gasteiger partial charge in [0.05, 0.1) is 15.6 Å². The molecule has 3 aromatic carbocycles. The minimum atomic E-state index is -0.106. The van der Waals surface area contributed by atoms with Crippen molar-refractivity contribution < 1.29 is 5.11 Å². The fourth-order valence-electron chi connectivity index (χ4n) is 3.43. The van der Waals surface area contributed by atoms with E-state index in [1.807, 2.05) is 18.2 Å². The number of halogens is 2. The topological polar surface area (TPSA) is 48.4 Å². The third-order valence-corrected chi connectivity index (χ3v) is 5.75. The predicted octanol–water partition coefficient (Wildman–Crippen LogP) is 6.76. The van der Waals surface area contributed by atoms with E-state index in [0.29, 0.717) is 0 Å². The average Bonchev–Trinajstić information content (AvgIpc) is 2.76. The second-order valence-electron chi connectivity index (χ2n) is 7.75. The van der Waals surface area contributed by atoms with Crippen molar-refractivity contribution in [3.63, 3.8) is 0 Å². The fraction of sp³-hybridized carbons (Fsp3) is 0.160. The molecule has 1 aromatic heterocycles. The molecule has 0 atom stereocenters. The van der Waals surface area contributed by atoms with Crippen LogP contribution in [-0.2, 0) is 6.42 Å².